The van der Waals surface area contributed by atoms with Crippen LogP contribution in [-0.2, 0) is 6.42 Å². The van der Waals surface area contributed by atoms with Gasteiger partial charge in [0.1, 0.15) is 0 Å². The Hall–Kier alpha value is -0.240. The molecule has 0 heterocycles. The molecule has 0 radical (unpaired) electrons. The number of halogens is 2. The van der Waals surface area contributed by atoms with Crippen LogP contribution in [0.2, 0.25) is 10.0 Å². The highest BCUT2D eigenvalue weighted by molar-refractivity contribution is 6.35. The molecule has 1 N–H and O–H groups in total. The number of hydrogen-bond acceptors (Lipinski definition) is 1. The van der Waals surface area contributed by atoms with Gasteiger partial charge in [-0.3, -0.25) is 0 Å². The lowest BCUT2D eigenvalue weighted by Crippen LogP contribution is -2.24. The lowest BCUT2D eigenvalue weighted by molar-refractivity contribution is 0.417. The largest absolute Gasteiger partial charge is 0.310 e. The number of nitrogens with one attached hydrogen (secondary N) is 1. The molecule has 3 heteroatoms. The third-order valence-electron chi connectivity index (χ3n) is 3.24. The van der Waals surface area contributed by atoms with Crippen LogP contribution in [0.1, 0.15) is 37.4 Å². The molecule has 2 unspecified atom stereocenters. The molecular weight excluding hydrogens is 241 g/mol. The highest BCUT2D eigenvalue weighted by Gasteiger charge is 2.30. The van der Waals surface area contributed by atoms with Gasteiger partial charge in [0, 0.05) is 16.1 Å². The first-order valence-corrected chi connectivity index (χ1v) is 6.60. The van der Waals surface area contributed by atoms with E-state index in [1.165, 1.54) is 11.1 Å². The van der Waals surface area contributed by atoms with Crippen LogP contribution in [0.25, 0.3) is 0 Å². The molecule has 1 aliphatic carbocycles. The Labute approximate surface area is 107 Å². The normalized spacial score (nSPS) is 23.5. The number of hydrogen-bond donors (Lipinski definition) is 1. The highest BCUT2D eigenvalue weighted by Crippen LogP contribution is 2.41. The zero-order valence-electron chi connectivity index (χ0n) is 9.69. The van der Waals surface area contributed by atoms with Crippen molar-refractivity contribution in [2.45, 2.75) is 32.7 Å². The van der Waals surface area contributed by atoms with Gasteiger partial charge in [-0.05, 0) is 48.6 Å². The monoisotopic (exact) mass is 257 g/mol. The average Bonchev–Trinajstić information content (AvgIpc) is 2.53. The summed E-state index contributed by atoms with van der Waals surface area (Å²) in [6, 6.07) is 4.31. The summed E-state index contributed by atoms with van der Waals surface area (Å²) >= 11 is 12.3. The molecule has 0 saturated carbocycles. The van der Waals surface area contributed by atoms with E-state index in [0.717, 1.165) is 29.4 Å². The Morgan fingerprint density at radius 3 is 2.81 bits per heavy atom. The van der Waals surface area contributed by atoms with Crippen LogP contribution in [0.3, 0.4) is 0 Å². The maximum atomic E-state index is 6.23. The molecule has 0 bridgehead atoms. The summed E-state index contributed by atoms with van der Waals surface area (Å²) in [7, 11) is 0. The van der Waals surface area contributed by atoms with E-state index in [9.17, 15) is 0 Å². The van der Waals surface area contributed by atoms with Crippen LogP contribution < -0.4 is 5.32 Å². The first-order valence-electron chi connectivity index (χ1n) is 5.84. The number of benzene rings is 1. The van der Waals surface area contributed by atoms with E-state index in [0.29, 0.717) is 12.0 Å². The Balaban J connectivity index is 2.32. The minimum absolute atomic E-state index is 0.408. The van der Waals surface area contributed by atoms with E-state index < -0.39 is 0 Å². The summed E-state index contributed by atoms with van der Waals surface area (Å²) < 4.78 is 0. The smallest absolute Gasteiger partial charge is 0.0456 e. The molecule has 1 aromatic carbocycles. The van der Waals surface area contributed by atoms with Gasteiger partial charge in [0.25, 0.3) is 0 Å². The molecule has 1 aliphatic rings. The predicted octanol–water partition coefficient (Wildman–Crippen LogP) is 4.23. The van der Waals surface area contributed by atoms with Crippen molar-refractivity contribution in [3.8, 4) is 0 Å². The fraction of sp³-hybridized carbons (Fsp3) is 0.538. The van der Waals surface area contributed by atoms with Gasteiger partial charge in [-0.25, -0.2) is 0 Å². The first kappa shape index (κ1) is 12.2. The third kappa shape index (κ3) is 2.22. The van der Waals surface area contributed by atoms with Crippen LogP contribution in [0, 0.1) is 5.92 Å². The zero-order chi connectivity index (χ0) is 11.7. The summed E-state index contributed by atoms with van der Waals surface area (Å²) in [6.45, 7) is 5.48. The molecule has 0 aliphatic heterocycles. The van der Waals surface area contributed by atoms with Crippen molar-refractivity contribution < 1.29 is 0 Å². The van der Waals surface area contributed by atoms with Gasteiger partial charge in [0.15, 0.2) is 0 Å². The average molecular weight is 258 g/mol. The number of rotatable bonds is 3. The Bertz CT molecular complexity index is 390. The molecule has 0 saturated heterocycles. The molecular formula is C13H17Cl2N. The summed E-state index contributed by atoms with van der Waals surface area (Å²) in [6.07, 6.45) is 2.19. The lowest BCUT2D eigenvalue weighted by atomic mass is 10.0. The molecule has 2 atom stereocenters. The standard InChI is InChI=1S/C13H17Cl2N/c1-3-4-16-13-8(2)5-10-11(13)6-9(14)7-12(10)15/h6-8,13,16H,3-5H2,1-2H3. The SMILES string of the molecule is CCCNC1c2cc(Cl)cc(Cl)c2CC1C. The Kier molecular flexibility index (Phi) is 3.78. The van der Waals surface area contributed by atoms with Crippen molar-refractivity contribution in [2.75, 3.05) is 6.54 Å². The molecule has 0 spiro atoms. The minimum atomic E-state index is 0.408. The van der Waals surface area contributed by atoms with Crippen molar-refractivity contribution in [1.82, 2.24) is 5.32 Å². The highest BCUT2D eigenvalue weighted by atomic mass is 35.5. The van der Waals surface area contributed by atoms with Crippen LogP contribution in [0.15, 0.2) is 12.1 Å². The molecule has 0 aromatic heterocycles. The van der Waals surface area contributed by atoms with Gasteiger partial charge in [-0.15, -0.1) is 0 Å². The van der Waals surface area contributed by atoms with E-state index >= 15 is 0 Å². The number of fused-ring (bicyclic) bond motifs is 1. The second kappa shape index (κ2) is 4.95. The second-order valence-electron chi connectivity index (χ2n) is 4.57. The molecule has 1 aromatic rings. The van der Waals surface area contributed by atoms with Gasteiger partial charge in [0.2, 0.25) is 0 Å². The molecule has 2 rings (SSSR count). The third-order valence-corrected chi connectivity index (χ3v) is 3.79. The summed E-state index contributed by atoms with van der Waals surface area (Å²) in [5, 5.41) is 5.13. The van der Waals surface area contributed by atoms with Crippen molar-refractivity contribution in [1.29, 1.82) is 0 Å². The fourth-order valence-corrected chi connectivity index (χ4v) is 3.06. The van der Waals surface area contributed by atoms with Crippen LogP contribution >= 0.6 is 23.2 Å². The van der Waals surface area contributed by atoms with Crippen molar-refractivity contribution >= 4 is 23.2 Å². The Morgan fingerprint density at radius 1 is 1.38 bits per heavy atom. The van der Waals surface area contributed by atoms with Crippen LogP contribution in [0.5, 0.6) is 0 Å². The maximum absolute atomic E-state index is 6.23. The molecule has 0 fully saturated rings. The molecule has 16 heavy (non-hydrogen) atoms. The minimum Gasteiger partial charge on any atom is -0.310 e. The van der Waals surface area contributed by atoms with Crippen molar-refractivity contribution in [3.63, 3.8) is 0 Å². The van der Waals surface area contributed by atoms with Gasteiger partial charge in [0.05, 0.1) is 0 Å². The quantitative estimate of drug-likeness (QED) is 0.855. The predicted molar refractivity (Wildman–Crippen MR) is 70.4 cm³/mol. The fourth-order valence-electron chi connectivity index (χ4n) is 2.47. The maximum Gasteiger partial charge on any atom is 0.0456 e. The van der Waals surface area contributed by atoms with Gasteiger partial charge < -0.3 is 5.32 Å². The van der Waals surface area contributed by atoms with Crippen molar-refractivity contribution in [3.05, 3.63) is 33.3 Å². The lowest BCUT2D eigenvalue weighted by Gasteiger charge is -2.18. The molecule has 0 amide bonds. The topological polar surface area (TPSA) is 12.0 Å². The van der Waals surface area contributed by atoms with Crippen LogP contribution in [0.4, 0.5) is 0 Å². The van der Waals surface area contributed by atoms with E-state index in [1.54, 1.807) is 0 Å². The summed E-state index contributed by atoms with van der Waals surface area (Å²) in [5.41, 5.74) is 2.56. The van der Waals surface area contributed by atoms with E-state index in [-0.39, 0.29) is 0 Å². The van der Waals surface area contributed by atoms with E-state index in [1.807, 2.05) is 6.07 Å². The van der Waals surface area contributed by atoms with Gasteiger partial charge >= 0.3 is 0 Å². The summed E-state index contributed by atoms with van der Waals surface area (Å²) in [5.74, 6) is 0.595. The van der Waals surface area contributed by atoms with Crippen LogP contribution in [-0.4, -0.2) is 6.54 Å². The van der Waals surface area contributed by atoms with Crippen molar-refractivity contribution in [2.24, 2.45) is 5.92 Å². The van der Waals surface area contributed by atoms with Gasteiger partial charge in [-0.1, -0.05) is 37.0 Å². The van der Waals surface area contributed by atoms with Gasteiger partial charge in [-0.2, -0.15) is 0 Å². The second-order valence-corrected chi connectivity index (χ2v) is 5.41. The summed E-state index contributed by atoms with van der Waals surface area (Å²) in [4.78, 5) is 0. The Morgan fingerprint density at radius 2 is 2.12 bits per heavy atom. The molecule has 88 valence electrons. The molecule has 1 nitrogen and oxygen atoms in total. The van der Waals surface area contributed by atoms with E-state index in [4.69, 9.17) is 23.2 Å². The van der Waals surface area contributed by atoms with E-state index in [2.05, 4.69) is 25.2 Å². The first-order chi connectivity index (χ1) is 7.63. The zero-order valence-corrected chi connectivity index (χ0v) is 11.2.